The third-order valence-corrected chi connectivity index (χ3v) is 7.51. The topological polar surface area (TPSA) is 41.4 Å². The van der Waals surface area contributed by atoms with E-state index in [9.17, 15) is 4.79 Å². The van der Waals surface area contributed by atoms with Gasteiger partial charge in [-0.05, 0) is 57.4 Å². The molecular formula is C22H34N4O. The van der Waals surface area contributed by atoms with Gasteiger partial charge < -0.3 is 9.47 Å². The van der Waals surface area contributed by atoms with Gasteiger partial charge in [0.2, 0.25) is 5.91 Å². The number of rotatable bonds is 5. The highest BCUT2D eigenvalue weighted by Crippen LogP contribution is 2.41. The third kappa shape index (κ3) is 3.80. The largest absolute Gasteiger partial charge is 0.342 e. The fraction of sp³-hybridized carbons (Fsp3) is 0.818. The van der Waals surface area contributed by atoms with Crippen molar-refractivity contribution in [1.29, 1.82) is 0 Å². The molecule has 0 aromatic carbocycles. The Labute approximate surface area is 163 Å². The van der Waals surface area contributed by atoms with Crippen molar-refractivity contribution < 1.29 is 4.79 Å². The molecule has 3 heterocycles. The minimum absolute atomic E-state index is 0.333. The molecule has 2 aliphatic carbocycles. The van der Waals surface area contributed by atoms with E-state index in [1.807, 2.05) is 0 Å². The average Bonchev–Trinajstić information content (AvgIpc) is 3.12. The fourth-order valence-electron chi connectivity index (χ4n) is 5.85. The van der Waals surface area contributed by atoms with Crippen molar-refractivity contribution >= 4 is 5.91 Å². The van der Waals surface area contributed by atoms with Crippen LogP contribution in [0.25, 0.3) is 0 Å². The van der Waals surface area contributed by atoms with E-state index in [4.69, 9.17) is 0 Å². The molecule has 4 aliphatic rings. The van der Waals surface area contributed by atoms with E-state index >= 15 is 0 Å². The lowest BCUT2D eigenvalue weighted by Gasteiger charge is -2.48. The molecule has 2 aliphatic heterocycles. The number of hydrogen-bond acceptors (Lipinski definition) is 3. The van der Waals surface area contributed by atoms with E-state index in [1.54, 1.807) is 0 Å². The van der Waals surface area contributed by atoms with Gasteiger partial charge in [0.1, 0.15) is 0 Å². The molecule has 1 amide bonds. The number of piperidine rings is 2. The van der Waals surface area contributed by atoms with Gasteiger partial charge in [-0.3, -0.25) is 9.69 Å². The Kier molecular flexibility index (Phi) is 4.75. The predicted octanol–water partition coefficient (Wildman–Crippen LogP) is 3.61. The van der Waals surface area contributed by atoms with Gasteiger partial charge in [0.15, 0.2) is 0 Å². The molecule has 5 rings (SSSR count). The molecule has 4 fully saturated rings. The molecule has 0 unspecified atom stereocenters. The van der Waals surface area contributed by atoms with Crippen molar-refractivity contribution in [2.45, 2.75) is 76.8 Å². The van der Waals surface area contributed by atoms with Crippen LogP contribution in [-0.2, 0) is 11.3 Å². The molecule has 0 bridgehead atoms. The van der Waals surface area contributed by atoms with Gasteiger partial charge in [0.25, 0.3) is 0 Å². The molecule has 1 aromatic rings. The van der Waals surface area contributed by atoms with Gasteiger partial charge in [-0.2, -0.15) is 0 Å². The fourth-order valence-corrected chi connectivity index (χ4v) is 5.85. The molecule has 2 saturated carbocycles. The van der Waals surface area contributed by atoms with E-state index in [1.165, 1.54) is 63.6 Å². The molecule has 0 radical (unpaired) electrons. The van der Waals surface area contributed by atoms with Crippen LogP contribution in [0.5, 0.6) is 0 Å². The molecule has 1 aromatic heterocycles. The molecule has 5 nitrogen and oxygen atoms in total. The third-order valence-electron chi connectivity index (χ3n) is 7.51. The maximum absolute atomic E-state index is 12.4. The minimum atomic E-state index is 0.333. The van der Waals surface area contributed by atoms with Gasteiger partial charge >= 0.3 is 0 Å². The van der Waals surface area contributed by atoms with Crippen LogP contribution in [0.2, 0.25) is 0 Å². The van der Waals surface area contributed by atoms with Crippen molar-refractivity contribution in [3.63, 3.8) is 0 Å². The number of nitrogens with zero attached hydrogens (tertiary/aromatic N) is 4. The van der Waals surface area contributed by atoms with Crippen LogP contribution in [-0.4, -0.2) is 51.4 Å². The van der Waals surface area contributed by atoms with Crippen LogP contribution in [0.15, 0.2) is 12.5 Å². The Morgan fingerprint density at radius 3 is 2.74 bits per heavy atom. The van der Waals surface area contributed by atoms with E-state index in [0.29, 0.717) is 17.4 Å². The first-order chi connectivity index (χ1) is 13.2. The predicted molar refractivity (Wildman–Crippen MR) is 105 cm³/mol. The molecule has 5 heteroatoms. The zero-order valence-electron chi connectivity index (χ0n) is 16.6. The molecular weight excluding hydrogens is 336 g/mol. The summed E-state index contributed by atoms with van der Waals surface area (Å²) in [5, 5.41) is 0. The normalized spacial score (nSPS) is 30.5. The number of aromatic nitrogens is 2. The number of hydrogen-bond donors (Lipinski definition) is 0. The number of likely N-dealkylation sites (tertiary alicyclic amines) is 2. The Morgan fingerprint density at radius 1 is 1.07 bits per heavy atom. The Balaban J connectivity index is 1.25. The molecule has 0 N–H and O–H groups in total. The zero-order valence-corrected chi connectivity index (χ0v) is 16.6. The second-order valence-corrected chi connectivity index (χ2v) is 9.76. The second kappa shape index (κ2) is 7.23. The van der Waals surface area contributed by atoms with Crippen LogP contribution in [0.4, 0.5) is 0 Å². The van der Waals surface area contributed by atoms with Gasteiger partial charge in [-0.15, -0.1) is 0 Å². The van der Waals surface area contributed by atoms with Crippen molar-refractivity contribution in [2.75, 3.05) is 26.2 Å². The summed E-state index contributed by atoms with van der Waals surface area (Å²) < 4.78 is 2.46. The molecule has 148 valence electrons. The summed E-state index contributed by atoms with van der Waals surface area (Å²) in [7, 11) is 0. The Bertz CT molecular complexity index is 676. The van der Waals surface area contributed by atoms with Gasteiger partial charge in [0.05, 0.1) is 12.0 Å². The summed E-state index contributed by atoms with van der Waals surface area (Å²) in [6, 6.07) is 0.669. The first kappa shape index (κ1) is 17.7. The number of carbonyl (C=O) groups excluding carboxylic acids is 1. The lowest BCUT2D eigenvalue weighted by Crippen LogP contribution is -2.54. The van der Waals surface area contributed by atoms with Crippen LogP contribution >= 0.6 is 0 Å². The highest BCUT2D eigenvalue weighted by molar-refractivity contribution is 5.77. The minimum Gasteiger partial charge on any atom is -0.342 e. The summed E-state index contributed by atoms with van der Waals surface area (Å²) in [5.74, 6) is 1.20. The van der Waals surface area contributed by atoms with E-state index in [2.05, 4.69) is 31.9 Å². The van der Waals surface area contributed by atoms with E-state index in [0.717, 1.165) is 44.9 Å². The molecule has 1 spiro atoms. The second-order valence-electron chi connectivity index (χ2n) is 9.76. The lowest BCUT2D eigenvalue weighted by molar-refractivity contribution is -0.139. The van der Waals surface area contributed by atoms with Crippen molar-refractivity contribution in [2.24, 2.45) is 11.3 Å². The molecule has 27 heavy (non-hydrogen) atoms. The highest BCUT2D eigenvalue weighted by atomic mass is 16.2. The Morgan fingerprint density at radius 2 is 1.93 bits per heavy atom. The van der Waals surface area contributed by atoms with E-state index < -0.39 is 0 Å². The van der Waals surface area contributed by atoms with Crippen LogP contribution in [0, 0.1) is 11.3 Å². The lowest BCUT2D eigenvalue weighted by atomic mass is 9.73. The van der Waals surface area contributed by atoms with Crippen molar-refractivity contribution in [3.05, 3.63) is 18.2 Å². The standard InChI is InChI=1S/C22H34N4O/c27-21-8-10-22(16-25(21)13-18-6-7-18)9-3-11-24(15-22)14-20-12-23-17-26(20)19-4-1-2-5-19/h12,17-19H,1-11,13-16H2/t22-/m0/s1. The summed E-state index contributed by atoms with van der Waals surface area (Å²) in [5.41, 5.74) is 1.72. The number of imidazole rings is 1. The average molecular weight is 371 g/mol. The monoisotopic (exact) mass is 370 g/mol. The van der Waals surface area contributed by atoms with Crippen molar-refractivity contribution in [3.8, 4) is 0 Å². The van der Waals surface area contributed by atoms with Crippen molar-refractivity contribution in [1.82, 2.24) is 19.4 Å². The van der Waals surface area contributed by atoms with Gasteiger partial charge in [-0.25, -0.2) is 4.98 Å². The summed E-state index contributed by atoms with van der Waals surface area (Å²) >= 11 is 0. The zero-order chi connectivity index (χ0) is 18.3. The molecule has 2 saturated heterocycles. The maximum Gasteiger partial charge on any atom is 0.222 e. The first-order valence-corrected chi connectivity index (χ1v) is 11.2. The highest BCUT2D eigenvalue weighted by Gasteiger charge is 2.42. The smallest absolute Gasteiger partial charge is 0.222 e. The summed E-state index contributed by atoms with van der Waals surface area (Å²) in [4.78, 5) is 21.8. The number of amides is 1. The van der Waals surface area contributed by atoms with E-state index in [-0.39, 0.29) is 0 Å². The van der Waals surface area contributed by atoms with Gasteiger partial charge in [0, 0.05) is 50.3 Å². The van der Waals surface area contributed by atoms with Gasteiger partial charge in [-0.1, -0.05) is 12.8 Å². The summed E-state index contributed by atoms with van der Waals surface area (Å²) in [6.45, 7) is 5.38. The maximum atomic E-state index is 12.4. The first-order valence-electron chi connectivity index (χ1n) is 11.2. The van der Waals surface area contributed by atoms with Crippen LogP contribution in [0.1, 0.15) is 75.9 Å². The quantitative estimate of drug-likeness (QED) is 0.795. The summed E-state index contributed by atoms with van der Waals surface area (Å²) in [6.07, 6.45) is 16.6. The van der Waals surface area contributed by atoms with Crippen LogP contribution in [0.3, 0.4) is 0 Å². The van der Waals surface area contributed by atoms with Crippen LogP contribution < -0.4 is 0 Å². The Hall–Kier alpha value is -1.36. The molecule has 1 atom stereocenters. The number of carbonyl (C=O) groups is 1. The SMILES string of the molecule is O=C1CC[C@]2(CCCN(Cc3cncn3C3CCCC3)C2)CN1CC1CC1.